The zero-order valence-electron chi connectivity index (χ0n) is 9.25. The van der Waals surface area contributed by atoms with Gasteiger partial charge in [-0.15, -0.1) is 0 Å². The maximum Gasteiger partial charge on any atom is 0.232 e. The van der Waals surface area contributed by atoms with Crippen LogP contribution in [0.1, 0.15) is 19.4 Å². The maximum absolute atomic E-state index is 11.4. The molecule has 0 unspecified atom stereocenters. The normalized spacial score (nSPS) is 11.2. The quantitative estimate of drug-likeness (QED) is 0.903. The van der Waals surface area contributed by atoms with E-state index in [1.54, 1.807) is 25.1 Å². The van der Waals surface area contributed by atoms with E-state index in [1.807, 2.05) is 6.92 Å². The summed E-state index contributed by atoms with van der Waals surface area (Å²) < 4.78 is 25.3. The van der Waals surface area contributed by atoms with Gasteiger partial charge < -0.3 is 0 Å². The molecule has 0 saturated heterocycles. The summed E-state index contributed by atoms with van der Waals surface area (Å²) in [5, 5.41) is 0.382. The van der Waals surface area contributed by atoms with Gasteiger partial charge in [-0.05, 0) is 31.1 Å². The standard InChI is InChI=1S/C11H14ClNO2S/c1-4-16(14,15)13-10-7-5-6-9(8(2)3)11(10)12/h5-7,13H,2,4H2,1,3H3. The van der Waals surface area contributed by atoms with Gasteiger partial charge >= 0.3 is 0 Å². The summed E-state index contributed by atoms with van der Waals surface area (Å²) in [4.78, 5) is 0. The molecule has 1 aromatic carbocycles. The Morgan fingerprint density at radius 1 is 1.50 bits per heavy atom. The molecule has 0 fully saturated rings. The van der Waals surface area contributed by atoms with Crippen LogP contribution in [0.5, 0.6) is 0 Å². The van der Waals surface area contributed by atoms with Crippen molar-refractivity contribution in [3.8, 4) is 0 Å². The molecule has 1 aromatic rings. The van der Waals surface area contributed by atoms with Crippen molar-refractivity contribution in [2.45, 2.75) is 13.8 Å². The lowest BCUT2D eigenvalue weighted by Crippen LogP contribution is -2.15. The number of hydrogen-bond donors (Lipinski definition) is 1. The van der Waals surface area contributed by atoms with E-state index in [-0.39, 0.29) is 5.75 Å². The van der Waals surface area contributed by atoms with Gasteiger partial charge in [-0.3, -0.25) is 4.72 Å². The molecule has 0 bridgehead atoms. The molecule has 0 radical (unpaired) electrons. The van der Waals surface area contributed by atoms with Crippen LogP contribution in [0, 0.1) is 0 Å². The zero-order chi connectivity index (χ0) is 12.3. The van der Waals surface area contributed by atoms with Gasteiger partial charge in [0.2, 0.25) is 10.0 Å². The largest absolute Gasteiger partial charge is 0.282 e. The van der Waals surface area contributed by atoms with Crippen molar-refractivity contribution < 1.29 is 8.42 Å². The van der Waals surface area contributed by atoms with Crippen LogP contribution in [0.15, 0.2) is 24.8 Å². The summed E-state index contributed by atoms with van der Waals surface area (Å²) in [6, 6.07) is 5.17. The number of halogens is 1. The minimum atomic E-state index is -3.30. The molecule has 5 heteroatoms. The number of rotatable bonds is 4. The minimum Gasteiger partial charge on any atom is -0.282 e. The summed E-state index contributed by atoms with van der Waals surface area (Å²) >= 11 is 6.08. The SMILES string of the molecule is C=C(C)c1cccc(NS(=O)(=O)CC)c1Cl. The third-order valence-corrected chi connectivity index (χ3v) is 3.80. The highest BCUT2D eigenvalue weighted by molar-refractivity contribution is 7.92. The molecule has 0 spiro atoms. The third kappa shape index (κ3) is 3.00. The Hall–Kier alpha value is -1.00. The molecule has 1 rings (SSSR count). The summed E-state index contributed by atoms with van der Waals surface area (Å²) in [6.45, 7) is 7.17. The second-order valence-electron chi connectivity index (χ2n) is 3.45. The summed E-state index contributed by atoms with van der Waals surface area (Å²) in [5.74, 6) is 0.0145. The van der Waals surface area contributed by atoms with Crippen LogP contribution in [-0.2, 0) is 10.0 Å². The second kappa shape index (κ2) is 4.89. The van der Waals surface area contributed by atoms with E-state index in [9.17, 15) is 8.42 Å². The predicted octanol–water partition coefficient (Wildman–Crippen LogP) is 3.13. The first-order valence-corrected chi connectivity index (χ1v) is 6.85. The Bertz CT molecular complexity index is 509. The summed E-state index contributed by atoms with van der Waals surface area (Å²) in [7, 11) is -3.30. The molecule has 0 atom stereocenters. The van der Waals surface area contributed by atoms with E-state index in [1.165, 1.54) is 0 Å². The zero-order valence-corrected chi connectivity index (χ0v) is 10.8. The minimum absolute atomic E-state index is 0.0145. The van der Waals surface area contributed by atoms with Crippen molar-refractivity contribution in [1.29, 1.82) is 0 Å². The molecule has 1 N–H and O–H groups in total. The fourth-order valence-electron chi connectivity index (χ4n) is 1.18. The fourth-order valence-corrected chi connectivity index (χ4v) is 2.22. The first kappa shape index (κ1) is 13.1. The molecule has 16 heavy (non-hydrogen) atoms. The molecule has 88 valence electrons. The lowest BCUT2D eigenvalue weighted by molar-refractivity contribution is 0.602. The van der Waals surface area contributed by atoms with Crippen molar-refractivity contribution >= 4 is 32.9 Å². The van der Waals surface area contributed by atoms with E-state index >= 15 is 0 Å². The number of anilines is 1. The van der Waals surface area contributed by atoms with Crippen LogP contribution in [0.3, 0.4) is 0 Å². The first-order chi connectivity index (χ1) is 7.37. The smallest absolute Gasteiger partial charge is 0.232 e. The van der Waals surface area contributed by atoms with Gasteiger partial charge in [-0.2, -0.15) is 0 Å². The van der Waals surface area contributed by atoms with E-state index in [2.05, 4.69) is 11.3 Å². The van der Waals surface area contributed by atoms with Gasteiger partial charge in [0.25, 0.3) is 0 Å². The Morgan fingerprint density at radius 2 is 2.12 bits per heavy atom. The lowest BCUT2D eigenvalue weighted by atomic mass is 10.1. The van der Waals surface area contributed by atoms with Gasteiger partial charge in [-0.1, -0.05) is 30.3 Å². The molecule has 0 aromatic heterocycles. The summed E-state index contributed by atoms with van der Waals surface area (Å²) in [5.41, 5.74) is 1.93. The lowest BCUT2D eigenvalue weighted by Gasteiger charge is -2.11. The van der Waals surface area contributed by atoms with E-state index < -0.39 is 10.0 Å². The maximum atomic E-state index is 11.4. The van der Waals surface area contributed by atoms with E-state index in [4.69, 9.17) is 11.6 Å². The van der Waals surface area contributed by atoms with Crippen LogP contribution in [0.4, 0.5) is 5.69 Å². The highest BCUT2D eigenvalue weighted by Gasteiger charge is 2.12. The molecule has 0 aliphatic heterocycles. The van der Waals surface area contributed by atoms with Crippen molar-refractivity contribution in [2.24, 2.45) is 0 Å². The molecule has 0 saturated carbocycles. The fraction of sp³-hybridized carbons (Fsp3) is 0.273. The van der Waals surface area contributed by atoms with Gasteiger partial charge in [0.15, 0.2) is 0 Å². The molecular weight excluding hydrogens is 246 g/mol. The third-order valence-electron chi connectivity index (χ3n) is 2.10. The van der Waals surface area contributed by atoms with Crippen molar-refractivity contribution in [3.05, 3.63) is 35.4 Å². The second-order valence-corrected chi connectivity index (χ2v) is 5.84. The predicted molar refractivity (Wildman–Crippen MR) is 69.2 cm³/mol. The molecule has 0 heterocycles. The number of hydrogen-bond acceptors (Lipinski definition) is 2. The molecule has 3 nitrogen and oxygen atoms in total. The van der Waals surface area contributed by atoms with Crippen LogP contribution in [0.25, 0.3) is 5.57 Å². The Balaban J connectivity index is 3.17. The number of sulfonamides is 1. The average Bonchev–Trinajstić information content (AvgIpc) is 2.20. The van der Waals surface area contributed by atoms with E-state index in [0.29, 0.717) is 10.7 Å². The molecule has 0 aliphatic carbocycles. The van der Waals surface area contributed by atoms with Crippen molar-refractivity contribution in [2.75, 3.05) is 10.5 Å². The van der Waals surface area contributed by atoms with Crippen LogP contribution < -0.4 is 4.72 Å². The van der Waals surface area contributed by atoms with E-state index in [0.717, 1.165) is 11.1 Å². The monoisotopic (exact) mass is 259 g/mol. The van der Waals surface area contributed by atoms with Crippen LogP contribution >= 0.6 is 11.6 Å². The van der Waals surface area contributed by atoms with Gasteiger partial charge in [-0.25, -0.2) is 8.42 Å². The Labute approximate surface area is 101 Å². The highest BCUT2D eigenvalue weighted by atomic mass is 35.5. The summed E-state index contributed by atoms with van der Waals surface area (Å²) in [6.07, 6.45) is 0. The molecule has 0 aliphatic rings. The first-order valence-electron chi connectivity index (χ1n) is 4.82. The highest BCUT2D eigenvalue weighted by Crippen LogP contribution is 2.30. The molecule has 0 amide bonds. The van der Waals surface area contributed by atoms with Crippen LogP contribution in [0.2, 0.25) is 5.02 Å². The Morgan fingerprint density at radius 3 is 2.62 bits per heavy atom. The van der Waals surface area contributed by atoms with Crippen molar-refractivity contribution in [1.82, 2.24) is 0 Å². The topological polar surface area (TPSA) is 46.2 Å². The number of benzene rings is 1. The van der Waals surface area contributed by atoms with Gasteiger partial charge in [0.05, 0.1) is 16.5 Å². The number of allylic oxidation sites excluding steroid dienone is 1. The van der Waals surface area contributed by atoms with Crippen LogP contribution in [-0.4, -0.2) is 14.2 Å². The average molecular weight is 260 g/mol. The van der Waals surface area contributed by atoms with Crippen molar-refractivity contribution in [3.63, 3.8) is 0 Å². The molecular formula is C11H14ClNO2S. The van der Waals surface area contributed by atoms with Gasteiger partial charge in [0.1, 0.15) is 0 Å². The number of nitrogens with one attached hydrogen (secondary N) is 1. The Kier molecular flexibility index (Phi) is 3.99. The van der Waals surface area contributed by atoms with Gasteiger partial charge in [0, 0.05) is 0 Å².